The Kier molecular flexibility index (Phi) is 5.39. The van der Waals surface area contributed by atoms with Crippen LogP contribution >= 0.6 is 0 Å². The Morgan fingerprint density at radius 1 is 1.22 bits per heavy atom. The van der Waals surface area contributed by atoms with Crippen LogP contribution in [0.15, 0.2) is 36.4 Å². The summed E-state index contributed by atoms with van der Waals surface area (Å²) in [4.78, 5) is 26.0. The summed E-state index contributed by atoms with van der Waals surface area (Å²) in [5.41, 5.74) is 1.40. The number of hydrogen-bond acceptors (Lipinski definition) is 4. The van der Waals surface area contributed by atoms with Crippen LogP contribution in [-0.2, 0) is 16.0 Å². The van der Waals surface area contributed by atoms with Gasteiger partial charge in [0, 0.05) is 17.8 Å². The quantitative estimate of drug-likeness (QED) is 0.832. The lowest BCUT2D eigenvalue weighted by atomic mass is 9.96. The van der Waals surface area contributed by atoms with E-state index >= 15 is 0 Å². The summed E-state index contributed by atoms with van der Waals surface area (Å²) >= 11 is 0. The first-order valence-electron chi connectivity index (χ1n) is 8.63. The van der Waals surface area contributed by atoms with Gasteiger partial charge in [0.05, 0.1) is 24.9 Å². The summed E-state index contributed by atoms with van der Waals surface area (Å²) in [6, 6.07) is 9.28. The fourth-order valence-corrected chi connectivity index (χ4v) is 3.28. The first-order valence-corrected chi connectivity index (χ1v) is 8.63. The van der Waals surface area contributed by atoms with Gasteiger partial charge in [-0.15, -0.1) is 0 Å². The molecule has 0 bridgehead atoms. The van der Waals surface area contributed by atoms with Gasteiger partial charge in [-0.05, 0) is 37.5 Å². The summed E-state index contributed by atoms with van der Waals surface area (Å²) in [5.74, 6) is -3.06. The second-order valence-corrected chi connectivity index (χ2v) is 6.44. The van der Waals surface area contributed by atoms with Crippen LogP contribution in [0, 0.1) is 11.6 Å². The summed E-state index contributed by atoms with van der Waals surface area (Å²) in [5, 5.41) is 2.67. The predicted octanol–water partition coefficient (Wildman–Crippen LogP) is 3.53. The van der Waals surface area contributed by atoms with Gasteiger partial charge in [-0.2, -0.15) is 0 Å². The zero-order valence-corrected chi connectivity index (χ0v) is 15.1. The number of ether oxygens (including phenoxy) is 1. The molecule has 0 saturated heterocycles. The molecule has 5 nitrogen and oxygen atoms in total. The summed E-state index contributed by atoms with van der Waals surface area (Å²) < 4.78 is 32.2. The van der Waals surface area contributed by atoms with Gasteiger partial charge in [0.15, 0.2) is 0 Å². The second-order valence-electron chi connectivity index (χ2n) is 6.44. The standard InChI is InChI=1S/C20H20F2N2O3/c1-12-7-8-13-5-3-4-6-18(13)24(12)19(25)11-23-17-9-14(20(26)27-2)15(21)10-16(17)22/h3-6,9-10,12,23H,7-8,11H2,1-2H3/t12-/m1/s1. The van der Waals surface area contributed by atoms with Crippen LogP contribution in [0.4, 0.5) is 20.2 Å². The topological polar surface area (TPSA) is 58.6 Å². The number of aryl methyl sites for hydroxylation is 1. The minimum absolute atomic E-state index is 0.0119. The third-order valence-electron chi connectivity index (χ3n) is 4.68. The average Bonchev–Trinajstić information content (AvgIpc) is 2.66. The molecule has 0 aromatic heterocycles. The Morgan fingerprint density at radius 2 is 1.96 bits per heavy atom. The molecule has 7 heteroatoms. The van der Waals surface area contributed by atoms with E-state index in [4.69, 9.17) is 0 Å². The summed E-state index contributed by atoms with van der Waals surface area (Å²) in [6.45, 7) is 1.77. The van der Waals surface area contributed by atoms with E-state index in [1.165, 1.54) is 0 Å². The van der Waals surface area contributed by atoms with Crippen LogP contribution < -0.4 is 10.2 Å². The van der Waals surface area contributed by atoms with Crippen molar-refractivity contribution < 1.29 is 23.1 Å². The number of esters is 1. The number of nitrogens with one attached hydrogen (secondary N) is 1. The van der Waals surface area contributed by atoms with E-state index in [-0.39, 0.29) is 24.2 Å². The third kappa shape index (κ3) is 3.77. The number of carbonyl (C=O) groups excluding carboxylic acids is 2. The van der Waals surface area contributed by atoms with Gasteiger partial charge in [-0.3, -0.25) is 4.79 Å². The molecule has 1 aliphatic rings. The number of hydrogen-bond donors (Lipinski definition) is 1. The lowest BCUT2D eigenvalue weighted by Crippen LogP contribution is -2.44. The van der Waals surface area contributed by atoms with Crippen molar-refractivity contribution in [3.63, 3.8) is 0 Å². The molecular formula is C20H20F2N2O3. The highest BCUT2D eigenvalue weighted by atomic mass is 19.1. The van der Waals surface area contributed by atoms with E-state index in [0.717, 1.165) is 37.3 Å². The summed E-state index contributed by atoms with van der Waals surface area (Å²) in [6.07, 6.45) is 1.73. The number of para-hydroxylation sites is 1. The highest BCUT2D eigenvalue weighted by Gasteiger charge is 2.28. The number of carbonyl (C=O) groups is 2. The van der Waals surface area contributed by atoms with Gasteiger partial charge in [0.2, 0.25) is 5.91 Å². The maximum atomic E-state index is 14.0. The van der Waals surface area contributed by atoms with E-state index in [1.54, 1.807) is 4.90 Å². The number of methoxy groups -OCH3 is 1. The number of rotatable bonds is 4. The lowest BCUT2D eigenvalue weighted by molar-refractivity contribution is -0.117. The first-order chi connectivity index (χ1) is 12.9. The van der Waals surface area contributed by atoms with Gasteiger partial charge in [-0.25, -0.2) is 13.6 Å². The number of nitrogens with zero attached hydrogens (tertiary/aromatic N) is 1. The Bertz CT molecular complexity index is 886. The Hall–Kier alpha value is -2.96. The molecule has 0 fully saturated rings. The zero-order chi connectivity index (χ0) is 19.6. The molecule has 142 valence electrons. The third-order valence-corrected chi connectivity index (χ3v) is 4.68. The molecule has 0 aliphatic carbocycles. The second kappa shape index (κ2) is 7.73. The van der Waals surface area contributed by atoms with Gasteiger partial charge in [0.25, 0.3) is 0 Å². The zero-order valence-electron chi connectivity index (χ0n) is 15.1. The smallest absolute Gasteiger partial charge is 0.340 e. The minimum Gasteiger partial charge on any atom is -0.465 e. The molecule has 2 aromatic rings. The van der Waals surface area contributed by atoms with Crippen LogP contribution in [0.2, 0.25) is 0 Å². The van der Waals surface area contributed by atoms with E-state index in [1.807, 2.05) is 31.2 Å². The van der Waals surface area contributed by atoms with Crippen molar-refractivity contribution in [3.8, 4) is 0 Å². The maximum Gasteiger partial charge on any atom is 0.340 e. The van der Waals surface area contributed by atoms with Gasteiger partial charge >= 0.3 is 5.97 Å². The van der Waals surface area contributed by atoms with Gasteiger partial charge in [0.1, 0.15) is 11.6 Å². The van der Waals surface area contributed by atoms with E-state index in [0.29, 0.717) is 6.07 Å². The molecule has 0 unspecified atom stereocenters. The molecule has 1 N–H and O–H groups in total. The Labute approximate surface area is 155 Å². The van der Waals surface area contributed by atoms with Gasteiger partial charge < -0.3 is 15.0 Å². The SMILES string of the molecule is COC(=O)c1cc(NCC(=O)N2c3ccccc3CC[C@H]2C)c(F)cc1F. The molecular weight excluding hydrogens is 354 g/mol. The number of benzene rings is 2. The monoisotopic (exact) mass is 374 g/mol. The fraction of sp³-hybridized carbons (Fsp3) is 0.300. The van der Waals surface area contributed by atoms with Crippen molar-refractivity contribution in [2.75, 3.05) is 23.9 Å². The predicted molar refractivity (Wildman–Crippen MR) is 97.9 cm³/mol. The molecule has 1 amide bonds. The molecule has 27 heavy (non-hydrogen) atoms. The van der Waals surface area contributed by atoms with Crippen LogP contribution in [-0.4, -0.2) is 31.6 Å². The van der Waals surface area contributed by atoms with Crippen molar-refractivity contribution in [2.45, 2.75) is 25.8 Å². The molecule has 3 rings (SSSR count). The van der Waals surface area contributed by atoms with Crippen molar-refractivity contribution in [1.29, 1.82) is 0 Å². The molecule has 1 atom stereocenters. The number of anilines is 2. The average molecular weight is 374 g/mol. The van der Waals surface area contributed by atoms with Crippen LogP contribution in [0.3, 0.4) is 0 Å². The van der Waals surface area contributed by atoms with Crippen molar-refractivity contribution in [3.05, 3.63) is 59.2 Å². The maximum absolute atomic E-state index is 14.0. The Morgan fingerprint density at radius 3 is 2.70 bits per heavy atom. The largest absolute Gasteiger partial charge is 0.465 e. The fourth-order valence-electron chi connectivity index (χ4n) is 3.28. The number of amides is 1. The van der Waals surface area contributed by atoms with Crippen LogP contribution in [0.1, 0.15) is 29.3 Å². The molecule has 2 aromatic carbocycles. The Balaban J connectivity index is 1.79. The highest BCUT2D eigenvalue weighted by molar-refractivity contribution is 5.98. The van der Waals surface area contributed by atoms with Crippen molar-refractivity contribution in [2.24, 2.45) is 0 Å². The van der Waals surface area contributed by atoms with E-state index in [2.05, 4.69) is 10.1 Å². The van der Waals surface area contributed by atoms with Crippen LogP contribution in [0.5, 0.6) is 0 Å². The molecule has 0 spiro atoms. The molecule has 1 heterocycles. The number of fused-ring (bicyclic) bond motifs is 1. The molecule has 0 saturated carbocycles. The minimum atomic E-state index is -1.02. The summed E-state index contributed by atoms with van der Waals surface area (Å²) in [7, 11) is 1.11. The van der Waals surface area contributed by atoms with Crippen molar-refractivity contribution >= 4 is 23.3 Å². The van der Waals surface area contributed by atoms with E-state index in [9.17, 15) is 18.4 Å². The van der Waals surface area contributed by atoms with Crippen molar-refractivity contribution in [1.82, 2.24) is 0 Å². The molecule has 0 radical (unpaired) electrons. The first kappa shape index (κ1) is 18.8. The molecule has 1 aliphatic heterocycles. The lowest BCUT2D eigenvalue weighted by Gasteiger charge is -2.35. The van der Waals surface area contributed by atoms with E-state index < -0.39 is 23.2 Å². The van der Waals surface area contributed by atoms with Crippen LogP contribution in [0.25, 0.3) is 0 Å². The normalized spacial score (nSPS) is 15.9. The highest BCUT2D eigenvalue weighted by Crippen LogP contribution is 2.30. The van der Waals surface area contributed by atoms with Gasteiger partial charge in [-0.1, -0.05) is 18.2 Å². The number of halogens is 2.